The Morgan fingerprint density at radius 1 is 1.07 bits per heavy atom. The van der Waals surface area contributed by atoms with Crippen LogP contribution in [0.5, 0.6) is 0 Å². The zero-order valence-corrected chi connectivity index (χ0v) is 11.5. The highest BCUT2D eigenvalue weighted by atomic mass is 14.3. The first-order valence-corrected chi connectivity index (χ1v) is 5.40. The minimum Gasteiger partial charge on any atom is -0.0999 e. The zero-order valence-electron chi connectivity index (χ0n) is 13.5. The van der Waals surface area contributed by atoms with Gasteiger partial charge < -0.3 is 0 Å². The van der Waals surface area contributed by atoms with Crippen LogP contribution in [0.15, 0.2) is 0 Å². The third-order valence-corrected chi connectivity index (χ3v) is 1.82. The second kappa shape index (κ2) is 18.8. The topological polar surface area (TPSA) is 0 Å². The van der Waals surface area contributed by atoms with Crippen LogP contribution in [0.25, 0.3) is 0 Å². The van der Waals surface area contributed by atoms with Gasteiger partial charge in [-0.2, -0.15) is 0 Å². The minimum absolute atomic E-state index is 0.102. The summed E-state index contributed by atoms with van der Waals surface area (Å²) in [6.45, 7) is 13.6. The van der Waals surface area contributed by atoms with Crippen LogP contribution in [0.4, 0.5) is 0 Å². The van der Waals surface area contributed by atoms with E-state index in [2.05, 4.69) is 7.85 Å². The summed E-state index contributed by atoms with van der Waals surface area (Å²) in [4.78, 5) is 0. The van der Waals surface area contributed by atoms with Crippen molar-refractivity contribution in [3.05, 3.63) is 0 Å². The molecule has 0 aromatic heterocycles. The van der Waals surface area contributed by atoms with Crippen LogP contribution in [-0.2, 0) is 0 Å². The lowest BCUT2D eigenvalue weighted by molar-refractivity contribution is 0.235. The molecule has 0 aliphatic heterocycles. The standard InChI is InChI=1S/C6H11B.2C2H6.CH3B.CH4/c1-4-3-5(2)6(4)7;3*1-2;/h4-6H,3H2,1-2H3;2*1-2H3;1H3;1H4/i3D;;;;1D. The Morgan fingerprint density at radius 3 is 1.36 bits per heavy atom. The lowest BCUT2D eigenvalue weighted by atomic mass is 9.57. The normalized spacial score (nSPS) is 33.4. The van der Waals surface area contributed by atoms with E-state index in [1.54, 1.807) is 0 Å². The first-order chi connectivity index (χ1) is 7.64. The van der Waals surface area contributed by atoms with Crippen molar-refractivity contribution in [2.24, 2.45) is 11.8 Å². The highest BCUT2D eigenvalue weighted by molar-refractivity contribution is 6.12. The van der Waals surface area contributed by atoms with Crippen molar-refractivity contribution < 1.29 is 2.74 Å². The average molecular weight is 198 g/mol. The molecule has 0 spiro atoms. The molecule has 1 aliphatic carbocycles. The molecule has 0 bridgehead atoms. The summed E-state index contributed by atoms with van der Waals surface area (Å²) in [5, 5.41) is 0. The van der Waals surface area contributed by atoms with Gasteiger partial charge in [-0.15, -0.1) is 0 Å². The van der Waals surface area contributed by atoms with Gasteiger partial charge >= 0.3 is 0 Å². The summed E-state index contributed by atoms with van der Waals surface area (Å²) >= 11 is 0. The summed E-state index contributed by atoms with van der Waals surface area (Å²) < 4.78 is 13.1. The van der Waals surface area contributed by atoms with Crippen molar-refractivity contribution in [3.63, 3.8) is 0 Å². The van der Waals surface area contributed by atoms with Gasteiger partial charge in [0.25, 0.3) is 0 Å². The van der Waals surface area contributed by atoms with Gasteiger partial charge in [0.1, 0.15) is 0 Å². The maximum Gasteiger partial charge on any atom is 0.0706 e. The lowest BCUT2D eigenvalue weighted by Gasteiger charge is -2.38. The summed E-state index contributed by atoms with van der Waals surface area (Å²) in [7, 11) is 11.4. The lowest BCUT2D eigenvalue weighted by Crippen LogP contribution is -2.27. The first kappa shape index (κ1) is 16.6. The Balaban J connectivity index is -0.0000000771. The Morgan fingerprint density at radius 2 is 1.29 bits per heavy atom. The molecule has 0 aromatic carbocycles. The van der Waals surface area contributed by atoms with E-state index >= 15 is 0 Å². The van der Waals surface area contributed by atoms with Crippen LogP contribution < -0.4 is 0 Å². The van der Waals surface area contributed by atoms with Gasteiger partial charge in [-0.25, -0.2) is 0 Å². The van der Waals surface area contributed by atoms with Crippen molar-refractivity contribution >= 4 is 15.7 Å². The van der Waals surface area contributed by atoms with Gasteiger partial charge in [0.15, 0.2) is 0 Å². The highest BCUT2D eigenvalue weighted by Gasteiger charge is 2.29. The van der Waals surface area contributed by atoms with Crippen molar-refractivity contribution in [3.8, 4) is 0 Å². The van der Waals surface area contributed by atoms with Gasteiger partial charge in [0.05, 0.1) is 15.7 Å². The van der Waals surface area contributed by atoms with Crippen LogP contribution >= 0.6 is 0 Å². The first-order valence-electron chi connectivity index (χ1n) is 6.98. The molecule has 2 atom stereocenters. The molecule has 4 radical (unpaired) electrons. The molecular formula is C12H30B2. The van der Waals surface area contributed by atoms with Gasteiger partial charge in [0, 0.05) is 2.74 Å². The van der Waals surface area contributed by atoms with Crippen LogP contribution in [0.1, 0.15) is 58.1 Å². The summed E-state index contributed by atoms with van der Waals surface area (Å²) in [6, 6.07) is 0. The second-order valence-corrected chi connectivity index (χ2v) is 2.49. The number of rotatable bonds is 0. The molecule has 2 heteroatoms. The van der Waals surface area contributed by atoms with Crippen molar-refractivity contribution in [1.29, 1.82) is 0 Å². The Kier molecular flexibility index (Phi) is 22.3. The predicted octanol–water partition coefficient (Wildman–Crippen LogP) is 4.51. The molecule has 1 fully saturated rings. The van der Waals surface area contributed by atoms with Crippen molar-refractivity contribution in [2.75, 3.05) is 0 Å². The van der Waals surface area contributed by atoms with Crippen LogP contribution in [-0.4, -0.2) is 15.7 Å². The molecule has 2 unspecified atom stereocenters. The Labute approximate surface area is 98.9 Å². The van der Waals surface area contributed by atoms with E-state index in [0.29, 0.717) is 11.8 Å². The fourth-order valence-corrected chi connectivity index (χ4v) is 1.07. The van der Waals surface area contributed by atoms with Crippen LogP contribution in [0.3, 0.4) is 0 Å². The fraction of sp³-hybridized carbons (Fsp3) is 1.00. The number of hydrogen-bond donors (Lipinski definition) is 0. The Hall–Kier alpha value is 0.130. The average Bonchev–Trinajstić information content (AvgIpc) is 2.45. The largest absolute Gasteiger partial charge is 0.0999 e. The summed E-state index contributed by atoms with van der Waals surface area (Å²) in [5.74, 6) is 1.13. The summed E-state index contributed by atoms with van der Waals surface area (Å²) in [6.07, 6.45) is 0.102. The third kappa shape index (κ3) is 10.2. The van der Waals surface area contributed by atoms with E-state index in [0.717, 1.165) is 0 Å². The molecule has 0 heterocycles. The zero-order chi connectivity index (χ0) is 14.3. The minimum atomic E-state index is 0.102. The predicted molar refractivity (Wildman–Crippen MR) is 73.5 cm³/mol. The molecule has 1 rings (SSSR count). The highest BCUT2D eigenvalue weighted by Crippen LogP contribution is 2.41. The second-order valence-electron chi connectivity index (χ2n) is 2.49. The monoisotopic (exact) mass is 198 g/mol. The molecule has 0 amide bonds. The molecule has 84 valence electrons. The van der Waals surface area contributed by atoms with Crippen molar-refractivity contribution in [1.82, 2.24) is 0 Å². The third-order valence-electron chi connectivity index (χ3n) is 1.82. The van der Waals surface area contributed by atoms with Crippen LogP contribution in [0.2, 0.25) is 12.6 Å². The van der Waals surface area contributed by atoms with E-state index in [-0.39, 0.29) is 12.2 Å². The smallest absolute Gasteiger partial charge is 0.0706 e. The molecular weight excluding hydrogens is 166 g/mol. The molecule has 1 saturated carbocycles. The SMILES string of the molecule is CC.CC.[2H]C.[2H]C1C(C)C([B])C1C.[B]C. The summed E-state index contributed by atoms with van der Waals surface area (Å²) in [5.41, 5.74) is 0. The van der Waals surface area contributed by atoms with Gasteiger partial charge in [-0.1, -0.05) is 61.6 Å². The molecule has 0 aromatic rings. The molecule has 14 heavy (non-hydrogen) atoms. The molecule has 1 aliphatic rings. The van der Waals surface area contributed by atoms with E-state index < -0.39 is 0 Å². The fourth-order valence-electron chi connectivity index (χ4n) is 1.07. The van der Waals surface area contributed by atoms with E-state index in [9.17, 15) is 0 Å². The molecule has 0 nitrogen and oxygen atoms in total. The Bertz CT molecular complexity index is 71.0. The molecule has 0 N–H and O–H groups in total. The number of hydrogen-bond acceptors (Lipinski definition) is 0. The van der Waals surface area contributed by atoms with Gasteiger partial charge in [-0.05, 0) is 18.2 Å². The van der Waals surface area contributed by atoms with Gasteiger partial charge in [0.2, 0.25) is 0 Å². The van der Waals surface area contributed by atoms with Gasteiger partial charge in [-0.3, -0.25) is 0 Å². The van der Waals surface area contributed by atoms with E-state index in [1.165, 1.54) is 14.2 Å². The molecule has 0 saturated heterocycles. The maximum atomic E-state index is 7.38. The quantitative estimate of drug-likeness (QED) is 0.502. The van der Waals surface area contributed by atoms with Crippen LogP contribution in [0, 0.1) is 11.8 Å². The van der Waals surface area contributed by atoms with Crippen molar-refractivity contribution in [2.45, 2.75) is 68.0 Å². The van der Waals surface area contributed by atoms with E-state index in [1.807, 2.05) is 41.5 Å². The van der Waals surface area contributed by atoms with E-state index in [4.69, 9.17) is 10.6 Å². The maximum absolute atomic E-state index is 7.38.